The zero-order valence-corrected chi connectivity index (χ0v) is 12.5. The van der Waals surface area contributed by atoms with E-state index in [1.807, 2.05) is 6.92 Å². The molecule has 1 saturated heterocycles. The van der Waals surface area contributed by atoms with Crippen molar-refractivity contribution < 1.29 is 12.8 Å². The molecule has 0 bridgehead atoms. The van der Waals surface area contributed by atoms with Crippen LogP contribution in [0, 0.1) is 12.7 Å². The van der Waals surface area contributed by atoms with Crippen molar-refractivity contribution in [3.63, 3.8) is 0 Å². The molecule has 0 aliphatic carbocycles. The third kappa shape index (κ3) is 3.25. The fourth-order valence-electron chi connectivity index (χ4n) is 2.19. The number of sulfonamides is 1. The number of rotatable bonds is 2. The van der Waals surface area contributed by atoms with Crippen molar-refractivity contribution in [2.75, 3.05) is 19.6 Å². The van der Waals surface area contributed by atoms with Gasteiger partial charge in [0, 0.05) is 25.7 Å². The van der Waals surface area contributed by atoms with Gasteiger partial charge < -0.3 is 5.32 Å². The van der Waals surface area contributed by atoms with E-state index in [9.17, 15) is 12.8 Å². The summed E-state index contributed by atoms with van der Waals surface area (Å²) in [6.45, 7) is 4.86. The van der Waals surface area contributed by atoms with E-state index in [1.165, 1.54) is 16.4 Å². The Kier molecular flexibility index (Phi) is 5.32. The molecular weight excluding hydrogens is 291 g/mol. The molecule has 1 aliphatic heterocycles. The molecule has 1 fully saturated rings. The molecule has 0 amide bonds. The van der Waals surface area contributed by atoms with Gasteiger partial charge in [-0.05, 0) is 25.5 Å². The van der Waals surface area contributed by atoms with Crippen LogP contribution in [-0.2, 0) is 10.0 Å². The van der Waals surface area contributed by atoms with E-state index in [0.717, 1.165) is 0 Å². The Labute approximate surface area is 119 Å². The SMILES string of the molecule is Cc1cccc(F)c1S(=O)(=O)N1CCNC(C)C1.Cl. The highest BCUT2D eigenvalue weighted by Crippen LogP contribution is 2.23. The number of halogens is 2. The number of aryl methyl sites for hydroxylation is 1. The number of piperazine rings is 1. The van der Waals surface area contributed by atoms with Gasteiger partial charge in [-0.2, -0.15) is 4.31 Å². The zero-order valence-electron chi connectivity index (χ0n) is 10.9. The molecule has 19 heavy (non-hydrogen) atoms. The van der Waals surface area contributed by atoms with Gasteiger partial charge in [0.25, 0.3) is 0 Å². The fourth-order valence-corrected chi connectivity index (χ4v) is 3.99. The zero-order chi connectivity index (χ0) is 13.3. The predicted octanol–water partition coefficient (Wildman–Crippen LogP) is 1.54. The lowest BCUT2D eigenvalue weighted by Crippen LogP contribution is -2.51. The van der Waals surface area contributed by atoms with E-state index in [2.05, 4.69) is 5.32 Å². The Hall–Kier alpha value is -0.690. The van der Waals surface area contributed by atoms with Crippen LogP contribution in [0.3, 0.4) is 0 Å². The summed E-state index contributed by atoms with van der Waals surface area (Å²) in [5.41, 5.74) is 0.446. The van der Waals surface area contributed by atoms with Crippen LogP contribution in [-0.4, -0.2) is 38.4 Å². The Morgan fingerprint density at radius 3 is 2.68 bits per heavy atom. The van der Waals surface area contributed by atoms with Gasteiger partial charge in [-0.15, -0.1) is 12.4 Å². The maximum Gasteiger partial charge on any atom is 0.246 e. The van der Waals surface area contributed by atoms with Crippen molar-refractivity contribution in [1.82, 2.24) is 9.62 Å². The van der Waals surface area contributed by atoms with Gasteiger partial charge >= 0.3 is 0 Å². The smallest absolute Gasteiger partial charge is 0.246 e. The Balaban J connectivity index is 0.00000180. The molecule has 1 heterocycles. The molecule has 0 radical (unpaired) electrons. The van der Waals surface area contributed by atoms with Crippen LogP contribution in [0.5, 0.6) is 0 Å². The van der Waals surface area contributed by atoms with E-state index < -0.39 is 15.8 Å². The van der Waals surface area contributed by atoms with Gasteiger partial charge in [0.1, 0.15) is 10.7 Å². The van der Waals surface area contributed by atoms with Crippen molar-refractivity contribution in [1.29, 1.82) is 0 Å². The summed E-state index contributed by atoms with van der Waals surface area (Å²) in [6.07, 6.45) is 0. The lowest BCUT2D eigenvalue weighted by atomic mass is 10.2. The van der Waals surface area contributed by atoms with Crippen LogP contribution in [0.4, 0.5) is 4.39 Å². The molecule has 1 aromatic carbocycles. The topological polar surface area (TPSA) is 49.4 Å². The van der Waals surface area contributed by atoms with Crippen LogP contribution >= 0.6 is 12.4 Å². The molecule has 1 aromatic rings. The largest absolute Gasteiger partial charge is 0.312 e. The molecule has 0 spiro atoms. The minimum absolute atomic E-state index is 0. The molecule has 1 N–H and O–H groups in total. The van der Waals surface area contributed by atoms with Crippen LogP contribution in [0.1, 0.15) is 12.5 Å². The predicted molar refractivity (Wildman–Crippen MR) is 74.6 cm³/mol. The van der Waals surface area contributed by atoms with Gasteiger partial charge in [0.2, 0.25) is 10.0 Å². The molecule has 2 rings (SSSR count). The van der Waals surface area contributed by atoms with Crippen molar-refractivity contribution in [2.24, 2.45) is 0 Å². The monoisotopic (exact) mass is 308 g/mol. The first-order valence-corrected chi connectivity index (χ1v) is 7.35. The number of benzene rings is 1. The summed E-state index contributed by atoms with van der Waals surface area (Å²) in [7, 11) is -3.74. The third-order valence-corrected chi connectivity index (χ3v) is 5.14. The second-order valence-corrected chi connectivity index (χ2v) is 6.48. The quantitative estimate of drug-likeness (QED) is 0.901. The first kappa shape index (κ1) is 16.4. The van der Waals surface area contributed by atoms with E-state index in [0.29, 0.717) is 25.2 Å². The van der Waals surface area contributed by atoms with Gasteiger partial charge in [-0.1, -0.05) is 12.1 Å². The minimum atomic E-state index is -3.74. The molecule has 1 aliphatic rings. The van der Waals surface area contributed by atoms with Crippen LogP contribution < -0.4 is 5.32 Å². The van der Waals surface area contributed by atoms with E-state index in [1.54, 1.807) is 13.0 Å². The summed E-state index contributed by atoms with van der Waals surface area (Å²) < 4.78 is 40.0. The average Bonchev–Trinajstić information content (AvgIpc) is 2.28. The summed E-state index contributed by atoms with van der Waals surface area (Å²) in [6, 6.07) is 4.40. The minimum Gasteiger partial charge on any atom is -0.312 e. The van der Waals surface area contributed by atoms with E-state index in [-0.39, 0.29) is 23.3 Å². The van der Waals surface area contributed by atoms with E-state index >= 15 is 0 Å². The molecule has 7 heteroatoms. The number of nitrogens with zero attached hydrogens (tertiary/aromatic N) is 1. The lowest BCUT2D eigenvalue weighted by Gasteiger charge is -2.31. The normalized spacial score (nSPS) is 20.9. The first-order valence-electron chi connectivity index (χ1n) is 5.91. The summed E-state index contributed by atoms with van der Waals surface area (Å²) in [4.78, 5) is -0.195. The molecule has 1 unspecified atom stereocenters. The number of hydrogen-bond donors (Lipinski definition) is 1. The highest BCUT2D eigenvalue weighted by atomic mass is 35.5. The van der Waals surface area contributed by atoms with Crippen molar-refractivity contribution in [3.8, 4) is 0 Å². The van der Waals surface area contributed by atoms with Crippen molar-refractivity contribution in [3.05, 3.63) is 29.6 Å². The lowest BCUT2D eigenvalue weighted by molar-refractivity contribution is 0.309. The maximum absolute atomic E-state index is 13.8. The van der Waals surface area contributed by atoms with Gasteiger partial charge in [0.05, 0.1) is 0 Å². The van der Waals surface area contributed by atoms with Crippen LogP contribution in [0.15, 0.2) is 23.1 Å². The summed E-state index contributed by atoms with van der Waals surface area (Å²) >= 11 is 0. The Morgan fingerprint density at radius 1 is 1.42 bits per heavy atom. The fraction of sp³-hybridized carbons (Fsp3) is 0.500. The number of nitrogens with one attached hydrogen (secondary N) is 1. The average molecular weight is 309 g/mol. The highest BCUT2D eigenvalue weighted by Gasteiger charge is 2.31. The molecule has 1 atom stereocenters. The highest BCUT2D eigenvalue weighted by molar-refractivity contribution is 7.89. The van der Waals surface area contributed by atoms with Crippen LogP contribution in [0.2, 0.25) is 0 Å². The van der Waals surface area contributed by atoms with Gasteiger partial charge in [-0.3, -0.25) is 0 Å². The maximum atomic E-state index is 13.8. The van der Waals surface area contributed by atoms with Crippen molar-refractivity contribution >= 4 is 22.4 Å². The number of hydrogen-bond acceptors (Lipinski definition) is 3. The second kappa shape index (κ2) is 6.17. The van der Waals surface area contributed by atoms with Gasteiger partial charge in [-0.25, -0.2) is 12.8 Å². The van der Waals surface area contributed by atoms with Crippen molar-refractivity contribution in [2.45, 2.75) is 24.8 Å². The summed E-state index contributed by atoms with van der Waals surface area (Å²) in [5.74, 6) is -0.679. The molecule has 4 nitrogen and oxygen atoms in total. The standard InChI is InChI=1S/C12H17FN2O2S.ClH/c1-9-4-3-5-11(13)12(9)18(16,17)15-7-6-14-10(2)8-15;/h3-5,10,14H,6-8H2,1-2H3;1H. The van der Waals surface area contributed by atoms with Crippen LogP contribution in [0.25, 0.3) is 0 Å². The van der Waals surface area contributed by atoms with Gasteiger partial charge in [0.15, 0.2) is 0 Å². The van der Waals surface area contributed by atoms with E-state index in [4.69, 9.17) is 0 Å². The third-order valence-electron chi connectivity index (χ3n) is 3.09. The molecule has 108 valence electrons. The Bertz CT molecular complexity index is 530. The first-order chi connectivity index (χ1) is 8.43. The summed E-state index contributed by atoms with van der Waals surface area (Å²) in [5, 5.41) is 3.16. The molecule has 0 aromatic heterocycles. The second-order valence-electron chi connectivity index (χ2n) is 4.60. The molecular formula is C12H18ClFN2O2S. The Morgan fingerprint density at radius 2 is 2.11 bits per heavy atom. The molecule has 0 saturated carbocycles.